The molecule has 3 aromatic rings. The minimum Gasteiger partial charge on any atom is -0.459 e. The van der Waals surface area contributed by atoms with Gasteiger partial charge in [-0.2, -0.15) is 0 Å². The Morgan fingerprint density at radius 2 is 1.65 bits per heavy atom. The molecular formula is C15H10F3NO. The highest BCUT2D eigenvalue weighted by Crippen LogP contribution is 2.22. The maximum Gasteiger partial charge on any atom is 0.161 e. The largest absolute Gasteiger partial charge is 0.459 e. The molecular weight excluding hydrogens is 267 g/mol. The van der Waals surface area contributed by atoms with E-state index >= 15 is 0 Å². The lowest BCUT2D eigenvalue weighted by atomic mass is 10.2. The molecule has 0 spiro atoms. The predicted molar refractivity (Wildman–Crippen MR) is 69.9 cm³/mol. The average Bonchev–Trinajstić information content (AvgIpc) is 2.84. The van der Waals surface area contributed by atoms with Crippen molar-refractivity contribution >= 4 is 16.7 Å². The van der Waals surface area contributed by atoms with E-state index in [2.05, 4.69) is 5.32 Å². The molecule has 0 aliphatic heterocycles. The average molecular weight is 277 g/mol. The van der Waals surface area contributed by atoms with E-state index in [-0.39, 0.29) is 12.2 Å². The van der Waals surface area contributed by atoms with Gasteiger partial charge in [-0.05, 0) is 12.1 Å². The molecule has 5 heteroatoms. The normalized spacial score (nSPS) is 10.9. The fourth-order valence-corrected chi connectivity index (χ4v) is 1.96. The zero-order valence-corrected chi connectivity index (χ0v) is 10.3. The minimum absolute atomic E-state index is 0.107. The summed E-state index contributed by atoms with van der Waals surface area (Å²) in [5, 5.41) is 3.61. The lowest BCUT2D eigenvalue weighted by Crippen LogP contribution is -2.02. The molecule has 0 radical (unpaired) electrons. The predicted octanol–water partition coefficient (Wildman–Crippen LogP) is 4.46. The van der Waals surface area contributed by atoms with Crippen molar-refractivity contribution < 1.29 is 17.6 Å². The molecule has 0 atom stereocenters. The number of anilines is 1. The standard InChI is InChI=1S/C15H10F3NO/c16-11-6-13(18)14(7-12(11)17)19-8-10-5-9-3-1-2-4-15(9)20-10/h1-7,19H,8H2. The molecule has 102 valence electrons. The van der Waals surface area contributed by atoms with Crippen LogP contribution in [-0.4, -0.2) is 0 Å². The summed E-state index contributed by atoms with van der Waals surface area (Å²) >= 11 is 0. The van der Waals surface area contributed by atoms with Crippen LogP contribution >= 0.6 is 0 Å². The second kappa shape index (κ2) is 4.92. The van der Waals surface area contributed by atoms with E-state index in [4.69, 9.17) is 4.42 Å². The molecule has 2 nitrogen and oxygen atoms in total. The third kappa shape index (κ3) is 2.34. The number of furan rings is 1. The molecule has 0 saturated carbocycles. The van der Waals surface area contributed by atoms with Gasteiger partial charge in [-0.1, -0.05) is 18.2 Å². The Hall–Kier alpha value is -2.43. The van der Waals surface area contributed by atoms with E-state index in [0.717, 1.165) is 17.0 Å². The van der Waals surface area contributed by atoms with E-state index in [9.17, 15) is 13.2 Å². The highest BCUT2D eigenvalue weighted by atomic mass is 19.2. The Balaban J connectivity index is 1.81. The third-order valence-corrected chi connectivity index (χ3v) is 2.94. The first kappa shape index (κ1) is 12.6. The lowest BCUT2D eigenvalue weighted by molar-refractivity contribution is 0.495. The SMILES string of the molecule is Fc1cc(F)c(NCc2cc3ccccc3o2)cc1F. The topological polar surface area (TPSA) is 25.2 Å². The van der Waals surface area contributed by atoms with Crippen LogP contribution in [0.4, 0.5) is 18.9 Å². The van der Waals surface area contributed by atoms with Crippen molar-refractivity contribution in [2.24, 2.45) is 0 Å². The first-order chi connectivity index (χ1) is 9.63. The molecule has 0 amide bonds. The van der Waals surface area contributed by atoms with Crippen LogP contribution in [0.25, 0.3) is 11.0 Å². The maximum absolute atomic E-state index is 13.4. The summed E-state index contributed by atoms with van der Waals surface area (Å²) in [5.74, 6) is -2.58. The fourth-order valence-electron chi connectivity index (χ4n) is 1.96. The molecule has 2 aromatic carbocycles. The van der Waals surface area contributed by atoms with Gasteiger partial charge in [-0.3, -0.25) is 0 Å². The van der Waals surface area contributed by atoms with Gasteiger partial charge in [0.1, 0.15) is 17.2 Å². The van der Waals surface area contributed by atoms with Crippen molar-refractivity contribution in [2.75, 3.05) is 5.32 Å². The Kier molecular flexibility index (Phi) is 3.10. The van der Waals surface area contributed by atoms with Gasteiger partial charge in [0.25, 0.3) is 0 Å². The number of halogens is 3. The molecule has 0 fully saturated rings. The van der Waals surface area contributed by atoms with Gasteiger partial charge in [-0.25, -0.2) is 13.2 Å². The minimum atomic E-state index is -1.21. The molecule has 1 N–H and O–H groups in total. The summed E-state index contributed by atoms with van der Waals surface area (Å²) in [4.78, 5) is 0. The Bertz CT molecular complexity index is 734. The van der Waals surface area contributed by atoms with Crippen molar-refractivity contribution in [1.82, 2.24) is 0 Å². The van der Waals surface area contributed by atoms with Crippen molar-refractivity contribution in [3.05, 3.63) is 65.7 Å². The Morgan fingerprint density at radius 1 is 0.900 bits per heavy atom. The quantitative estimate of drug-likeness (QED) is 0.715. The van der Waals surface area contributed by atoms with E-state index in [1.54, 1.807) is 6.07 Å². The number of para-hydroxylation sites is 1. The van der Waals surface area contributed by atoms with E-state index < -0.39 is 17.5 Å². The van der Waals surface area contributed by atoms with Gasteiger partial charge in [-0.15, -0.1) is 0 Å². The molecule has 0 unspecified atom stereocenters. The number of hydrogen-bond donors (Lipinski definition) is 1. The van der Waals surface area contributed by atoms with E-state index in [1.807, 2.05) is 24.3 Å². The third-order valence-electron chi connectivity index (χ3n) is 2.94. The van der Waals surface area contributed by atoms with E-state index in [1.165, 1.54) is 0 Å². The second-order valence-electron chi connectivity index (χ2n) is 4.35. The summed E-state index contributed by atoms with van der Waals surface area (Å²) in [6.45, 7) is 0.177. The Morgan fingerprint density at radius 3 is 2.45 bits per heavy atom. The van der Waals surface area contributed by atoms with Gasteiger partial charge in [0.05, 0.1) is 12.2 Å². The summed E-state index contributed by atoms with van der Waals surface area (Å²) in [7, 11) is 0. The highest BCUT2D eigenvalue weighted by Gasteiger charge is 2.10. The summed E-state index contributed by atoms with van der Waals surface area (Å²) in [6, 6.07) is 10.5. The maximum atomic E-state index is 13.4. The number of benzene rings is 2. The number of hydrogen-bond acceptors (Lipinski definition) is 2. The first-order valence-corrected chi connectivity index (χ1v) is 5.99. The van der Waals surface area contributed by atoms with Crippen LogP contribution in [0.15, 0.2) is 46.9 Å². The first-order valence-electron chi connectivity index (χ1n) is 5.99. The molecule has 3 rings (SSSR count). The lowest BCUT2D eigenvalue weighted by Gasteiger charge is -2.06. The number of fused-ring (bicyclic) bond motifs is 1. The Labute approximate surface area is 112 Å². The summed E-state index contributed by atoms with van der Waals surface area (Å²) < 4.78 is 44.8. The zero-order chi connectivity index (χ0) is 14.1. The summed E-state index contributed by atoms with van der Waals surface area (Å²) in [6.07, 6.45) is 0. The van der Waals surface area contributed by atoms with Crippen LogP contribution in [0.2, 0.25) is 0 Å². The van der Waals surface area contributed by atoms with Crippen LogP contribution in [0.5, 0.6) is 0 Å². The molecule has 0 aliphatic carbocycles. The number of rotatable bonds is 3. The van der Waals surface area contributed by atoms with Crippen LogP contribution in [0, 0.1) is 17.5 Å². The van der Waals surface area contributed by atoms with Crippen LogP contribution in [0.1, 0.15) is 5.76 Å². The highest BCUT2D eigenvalue weighted by molar-refractivity contribution is 5.77. The van der Waals surface area contributed by atoms with Gasteiger partial charge >= 0.3 is 0 Å². The fraction of sp³-hybridized carbons (Fsp3) is 0.0667. The van der Waals surface area contributed by atoms with Crippen molar-refractivity contribution in [3.63, 3.8) is 0 Å². The van der Waals surface area contributed by atoms with Crippen LogP contribution in [0.3, 0.4) is 0 Å². The van der Waals surface area contributed by atoms with Crippen LogP contribution in [-0.2, 0) is 6.54 Å². The number of nitrogens with one attached hydrogen (secondary N) is 1. The van der Waals surface area contributed by atoms with E-state index in [0.29, 0.717) is 11.8 Å². The van der Waals surface area contributed by atoms with Crippen molar-refractivity contribution in [1.29, 1.82) is 0 Å². The molecule has 0 saturated heterocycles. The molecule has 20 heavy (non-hydrogen) atoms. The molecule has 1 heterocycles. The van der Waals surface area contributed by atoms with Crippen molar-refractivity contribution in [3.8, 4) is 0 Å². The second-order valence-corrected chi connectivity index (χ2v) is 4.35. The zero-order valence-electron chi connectivity index (χ0n) is 10.3. The van der Waals surface area contributed by atoms with Crippen molar-refractivity contribution in [2.45, 2.75) is 6.54 Å². The van der Waals surface area contributed by atoms with Gasteiger partial charge in [0.2, 0.25) is 0 Å². The van der Waals surface area contributed by atoms with Gasteiger partial charge < -0.3 is 9.73 Å². The monoisotopic (exact) mass is 277 g/mol. The molecule has 1 aromatic heterocycles. The summed E-state index contributed by atoms with van der Waals surface area (Å²) in [5.41, 5.74) is 0.611. The van der Waals surface area contributed by atoms with Crippen LogP contribution < -0.4 is 5.32 Å². The molecule has 0 bridgehead atoms. The molecule has 0 aliphatic rings. The smallest absolute Gasteiger partial charge is 0.161 e. The van der Waals surface area contributed by atoms with Gasteiger partial charge in [0, 0.05) is 17.5 Å². The van der Waals surface area contributed by atoms with Gasteiger partial charge in [0.15, 0.2) is 11.6 Å².